The lowest BCUT2D eigenvalue weighted by molar-refractivity contribution is -0.160. The Hall–Kier alpha value is -2.71. The third-order valence-corrected chi connectivity index (χ3v) is 8.59. The van der Waals surface area contributed by atoms with Crippen LogP contribution in [0, 0.1) is 31.6 Å². The Labute approximate surface area is 219 Å². The predicted molar refractivity (Wildman–Crippen MR) is 140 cm³/mol. The summed E-state index contributed by atoms with van der Waals surface area (Å²) in [5.74, 6) is -2.88. The number of carbonyl (C=O) groups excluding carboxylic acids is 3. The summed E-state index contributed by atoms with van der Waals surface area (Å²) in [6.07, 6.45) is 2.67. The quantitative estimate of drug-likeness (QED) is 0.403. The van der Waals surface area contributed by atoms with Gasteiger partial charge < -0.3 is 24.4 Å². The number of amides is 2. The third kappa shape index (κ3) is 4.00. The molecular weight excluding hydrogens is 472 g/mol. The van der Waals surface area contributed by atoms with Gasteiger partial charge in [-0.15, -0.1) is 6.58 Å². The summed E-state index contributed by atoms with van der Waals surface area (Å²) < 4.78 is 12.1. The van der Waals surface area contributed by atoms with E-state index in [-0.39, 0.29) is 37.5 Å². The number of aliphatic hydroxyl groups is 1. The number of likely N-dealkylation sites (tertiary alicyclic amines) is 1. The molecule has 2 bridgehead atoms. The van der Waals surface area contributed by atoms with Crippen molar-refractivity contribution in [3.63, 3.8) is 0 Å². The fraction of sp³-hybridized carbons (Fsp3) is 0.621. The average Bonchev–Trinajstić information content (AvgIpc) is 3.39. The summed E-state index contributed by atoms with van der Waals surface area (Å²) in [7, 11) is 0. The number of aliphatic hydroxyl groups excluding tert-OH is 1. The van der Waals surface area contributed by atoms with Crippen LogP contribution >= 0.6 is 0 Å². The number of rotatable bonds is 9. The molecule has 0 radical (unpaired) electrons. The number of ether oxygens (including phenoxy) is 2. The molecule has 202 valence electrons. The molecule has 1 aromatic carbocycles. The summed E-state index contributed by atoms with van der Waals surface area (Å²) in [6, 6.07) is 4.24. The number of esters is 1. The molecule has 3 aliphatic heterocycles. The number of carbonyl (C=O) groups is 3. The summed E-state index contributed by atoms with van der Waals surface area (Å²) >= 11 is 0. The molecule has 37 heavy (non-hydrogen) atoms. The number of benzene rings is 1. The molecule has 4 rings (SSSR count). The van der Waals surface area contributed by atoms with E-state index in [0.29, 0.717) is 12.8 Å². The van der Waals surface area contributed by atoms with Crippen molar-refractivity contribution in [2.75, 3.05) is 24.7 Å². The molecule has 6 atom stereocenters. The van der Waals surface area contributed by atoms with Gasteiger partial charge in [0.15, 0.2) is 0 Å². The first-order chi connectivity index (χ1) is 17.5. The van der Waals surface area contributed by atoms with E-state index >= 15 is 0 Å². The molecule has 2 unspecified atom stereocenters. The van der Waals surface area contributed by atoms with Gasteiger partial charge in [0.25, 0.3) is 5.91 Å². The maximum atomic E-state index is 14.7. The Bertz CT molecular complexity index is 1080. The van der Waals surface area contributed by atoms with Crippen LogP contribution in [0.1, 0.15) is 51.7 Å². The zero-order valence-corrected chi connectivity index (χ0v) is 22.8. The minimum absolute atomic E-state index is 0.124. The van der Waals surface area contributed by atoms with Crippen LogP contribution in [0.2, 0.25) is 0 Å². The first-order valence-electron chi connectivity index (χ1n) is 13.3. The van der Waals surface area contributed by atoms with Crippen LogP contribution in [-0.4, -0.2) is 70.8 Å². The molecule has 0 aromatic heterocycles. The molecule has 1 spiro atoms. The topological polar surface area (TPSA) is 96.4 Å². The van der Waals surface area contributed by atoms with Crippen molar-refractivity contribution in [2.45, 2.75) is 77.7 Å². The van der Waals surface area contributed by atoms with Gasteiger partial charge in [-0.3, -0.25) is 14.4 Å². The van der Waals surface area contributed by atoms with E-state index in [4.69, 9.17) is 9.47 Å². The largest absolute Gasteiger partial charge is 0.466 e. The van der Waals surface area contributed by atoms with Gasteiger partial charge in [-0.25, -0.2) is 0 Å². The predicted octanol–water partition coefficient (Wildman–Crippen LogP) is 3.17. The summed E-state index contributed by atoms with van der Waals surface area (Å²) in [6.45, 7) is 15.3. The molecule has 3 heterocycles. The van der Waals surface area contributed by atoms with Gasteiger partial charge in [-0.1, -0.05) is 38.1 Å². The summed E-state index contributed by atoms with van der Waals surface area (Å²) in [5, 5.41) is 10.4. The van der Waals surface area contributed by atoms with E-state index in [1.165, 1.54) is 4.90 Å². The Morgan fingerprint density at radius 1 is 1.30 bits per heavy atom. The van der Waals surface area contributed by atoms with Crippen LogP contribution in [0.3, 0.4) is 0 Å². The minimum atomic E-state index is -1.18. The van der Waals surface area contributed by atoms with Crippen LogP contribution in [0.4, 0.5) is 5.69 Å². The number of hydrogen-bond acceptors (Lipinski definition) is 6. The van der Waals surface area contributed by atoms with Crippen molar-refractivity contribution in [1.29, 1.82) is 0 Å². The van der Waals surface area contributed by atoms with Gasteiger partial charge in [-0.2, -0.15) is 0 Å². The number of nitrogens with zero attached hydrogens (tertiary/aromatic N) is 2. The van der Waals surface area contributed by atoms with Gasteiger partial charge in [-0.05, 0) is 57.6 Å². The lowest BCUT2D eigenvalue weighted by Crippen LogP contribution is -2.60. The minimum Gasteiger partial charge on any atom is -0.466 e. The molecular formula is C29H40N2O6. The Morgan fingerprint density at radius 3 is 2.49 bits per heavy atom. The molecule has 3 aliphatic rings. The van der Waals surface area contributed by atoms with E-state index in [9.17, 15) is 19.5 Å². The highest BCUT2D eigenvalue weighted by molar-refractivity contribution is 6.05. The zero-order chi connectivity index (χ0) is 27.3. The molecule has 1 aromatic rings. The zero-order valence-electron chi connectivity index (χ0n) is 22.8. The first kappa shape index (κ1) is 27.3. The van der Waals surface area contributed by atoms with E-state index in [1.54, 1.807) is 17.9 Å². The number of aryl methyl sites for hydroxylation is 2. The van der Waals surface area contributed by atoms with Crippen molar-refractivity contribution >= 4 is 23.5 Å². The maximum Gasteiger partial charge on any atom is 0.312 e. The van der Waals surface area contributed by atoms with Gasteiger partial charge in [0.05, 0.1) is 30.8 Å². The van der Waals surface area contributed by atoms with Gasteiger partial charge in [0.1, 0.15) is 17.6 Å². The fourth-order valence-corrected chi connectivity index (χ4v) is 7.01. The van der Waals surface area contributed by atoms with Crippen LogP contribution in [0.25, 0.3) is 0 Å². The molecule has 8 nitrogen and oxygen atoms in total. The highest BCUT2D eigenvalue weighted by Gasteiger charge is 2.79. The lowest BCUT2D eigenvalue weighted by Gasteiger charge is -2.41. The average molecular weight is 513 g/mol. The van der Waals surface area contributed by atoms with E-state index in [0.717, 1.165) is 16.8 Å². The van der Waals surface area contributed by atoms with Crippen molar-refractivity contribution < 1.29 is 29.0 Å². The van der Waals surface area contributed by atoms with E-state index < -0.39 is 41.1 Å². The Balaban J connectivity index is 1.90. The lowest BCUT2D eigenvalue weighted by atomic mass is 9.66. The molecule has 0 aliphatic carbocycles. The van der Waals surface area contributed by atoms with Gasteiger partial charge >= 0.3 is 5.97 Å². The van der Waals surface area contributed by atoms with Gasteiger partial charge in [0, 0.05) is 12.2 Å². The van der Waals surface area contributed by atoms with Gasteiger partial charge in [0.2, 0.25) is 5.91 Å². The monoisotopic (exact) mass is 512 g/mol. The van der Waals surface area contributed by atoms with E-state index in [2.05, 4.69) is 6.58 Å². The number of hydrogen-bond donors (Lipinski definition) is 1. The van der Waals surface area contributed by atoms with Crippen molar-refractivity contribution in [2.24, 2.45) is 17.8 Å². The Morgan fingerprint density at radius 2 is 1.95 bits per heavy atom. The molecule has 8 heteroatoms. The molecule has 3 fully saturated rings. The van der Waals surface area contributed by atoms with Crippen LogP contribution in [0.5, 0.6) is 0 Å². The van der Waals surface area contributed by atoms with Crippen LogP contribution < -0.4 is 4.90 Å². The second kappa shape index (κ2) is 9.87. The SMILES string of the molecule is C=CCN(C(=O)C1N([C@@H](CO)C(C)C)C(=O)[C@@H]2[C@@H](C(=O)OCC)[C@@]3(C)CCC12O3)c1c(C)cccc1C. The first-order valence-corrected chi connectivity index (χ1v) is 13.3. The normalized spacial score (nSPS) is 31.0. The van der Waals surface area contributed by atoms with E-state index in [1.807, 2.05) is 52.8 Å². The van der Waals surface area contributed by atoms with Crippen LogP contribution in [-0.2, 0) is 23.9 Å². The second-order valence-corrected chi connectivity index (χ2v) is 11.2. The number of anilines is 1. The maximum absolute atomic E-state index is 14.7. The standard InChI is InChI=1S/C29H40N2O6/c1-8-15-30(23-18(5)11-10-12-19(23)6)26(34)24-29-14-13-28(7,37-29)22(27(35)36-9-2)21(29)25(33)31(24)20(16-32)17(3)4/h8,10-12,17,20-22,24,32H,1,9,13-16H2,2-7H3/t20-,21-,22-,24?,28+,29?/m0/s1. The van der Waals surface area contributed by atoms with Crippen molar-refractivity contribution in [1.82, 2.24) is 4.90 Å². The fourth-order valence-electron chi connectivity index (χ4n) is 7.01. The second-order valence-electron chi connectivity index (χ2n) is 11.2. The molecule has 1 N–H and O–H groups in total. The van der Waals surface area contributed by atoms with Crippen LogP contribution in [0.15, 0.2) is 30.9 Å². The highest BCUT2D eigenvalue weighted by atomic mass is 16.6. The summed E-state index contributed by atoms with van der Waals surface area (Å²) in [4.78, 5) is 45.3. The number of para-hydroxylation sites is 1. The molecule has 3 saturated heterocycles. The summed E-state index contributed by atoms with van der Waals surface area (Å²) in [5.41, 5.74) is 0.543. The molecule has 2 amide bonds. The van der Waals surface area contributed by atoms with Crippen molar-refractivity contribution in [3.05, 3.63) is 42.0 Å². The van der Waals surface area contributed by atoms with Crippen molar-refractivity contribution in [3.8, 4) is 0 Å². The third-order valence-electron chi connectivity index (χ3n) is 8.59. The highest BCUT2D eigenvalue weighted by Crippen LogP contribution is 2.64. The number of fused-ring (bicyclic) bond motifs is 1. The Kier molecular flexibility index (Phi) is 7.29. The smallest absolute Gasteiger partial charge is 0.312 e. The molecule has 0 saturated carbocycles.